The Bertz CT molecular complexity index is 268. The van der Waals surface area contributed by atoms with Gasteiger partial charge in [-0.1, -0.05) is 5.92 Å². The van der Waals surface area contributed by atoms with E-state index in [-0.39, 0.29) is 17.9 Å². The molecule has 1 saturated carbocycles. The van der Waals surface area contributed by atoms with E-state index in [0.717, 1.165) is 6.42 Å². The van der Waals surface area contributed by atoms with E-state index in [9.17, 15) is 9.90 Å². The van der Waals surface area contributed by atoms with Gasteiger partial charge >= 0.3 is 0 Å². The van der Waals surface area contributed by atoms with Gasteiger partial charge in [0.2, 0.25) is 5.60 Å². The summed E-state index contributed by atoms with van der Waals surface area (Å²) in [5.74, 6) is 1.85. The van der Waals surface area contributed by atoms with Gasteiger partial charge in [0.15, 0.2) is 0 Å². The Morgan fingerprint density at radius 2 is 2.55 bits per heavy atom. The van der Waals surface area contributed by atoms with Gasteiger partial charge < -0.3 is 10.0 Å². The second-order valence-electron chi connectivity index (χ2n) is 3.24. The molecule has 0 aromatic carbocycles. The highest BCUT2D eigenvalue weighted by Gasteiger charge is 2.65. The van der Waals surface area contributed by atoms with Crippen molar-refractivity contribution in [3.63, 3.8) is 0 Å². The maximum Gasteiger partial charge on any atom is 0.267 e. The summed E-state index contributed by atoms with van der Waals surface area (Å²) in [7, 11) is 1.68. The maximum absolute atomic E-state index is 11.2. The Balaban J connectivity index is 2.39. The van der Waals surface area contributed by atoms with Gasteiger partial charge in [0.1, 0.15) is 0 Å². The van der Waals surface area contributed by atoms with Crippen LogP contribution in [0.4, 0.5) is 0 Å². The number of terminal acetylenes is 1. The number of likely N-dealkylation sites (tertiary alicyclic amines) is 1. The topological polar surface area (TPSA) is 40.5 Å². The number of aliphatic hydroxyl groups is 1. The van der Waals surface area contributed by atoms with Crippen molar-refractivity contribution in [1.82, 2.24) is 4.90 Å². The van der Waals surface area contributed by atoms with E-state index in [4.69, 9.17) is 6.42 Å². The molecular formula is C8H9NO2. The zero-order valence-electron chi connectivity index (χ0n) is 6.24. The van der Waals surface area contributed by atoms with Gasteiger partial charge in [-0.05, 0) is 6.42 Å². The van der Waals surface area contributed by atoms with Gasteiger partial charge in [-0.3, -0.25) is 4.79 Å². The zero-order valence-corrected chi connectivity index (χ0v) is 6.24. The third kappa shape index (κ3) is 0.561. The van der Waals surface area contributed by atoms with Crippen LogP contribution in [0.5, 0.6) is 0 Å². The van der Waals surface area contributed by atoms with Gasteiger partial charge in [-0.2, -0.15) is 0 Å². The fraction of sp³-hybridized carbons (Fsp3) is 0.625. The maximum atomic E-state index is 11.2. The molecule has 2 aliphatic rings. The fourth-order valence-corrected chi connectivity index (χ4v) is 1.81. The Hall–Kier alpha value is -1.01. The molecule has 2 unspecified atom stereocenters. The number of carbonyl (C=O) groups excluding carboxylic acids is 1. The van der Waals surface area contributed by atoms with Gasteiger partial charge in [0, 0.05) is 19.0 Å². The predicted molar refractivity (Wildman–Crippen MR) is 38.4 cm³/mol. The highest BCUT2D eigenvalue weighted by Crippen LogP contribution is 2.50. The van der Waals surface area contributed by atoms with E-state index in [1.54, 1.807) is 11.9 Å². The number of piperidine rings is 1. The third-order valence-electron chi connectivity index (χ3n) is 2.66. The van der Waals surface area contributed by atoms with E-state index in [1.165, 1.54) is 0 Å². The van der Waals surface area contributed by atoms with E-state index < -0.39 is 5.60 Å². The number of nitrogens with zero attached hydrogens (tertiary/aromatic N) is 1. The predicted octanol–water partition coefficient (Wildman–Crippen LogP) is -0.789. The summed E-state index contributed by atoms with van der Waals surface area (Å²) < 4.78 is 0. The fourth-order valence-electron chi connectivity index (χ4n) is 1.81. The first-order valence-corrected chi connectivity index (χ1v) is 3.58. The number of carbonyl (C=O) groups is 1. The molecule has 1 amide bonds. The molecule has 58 valence electrons. The van der Waals surface area contributed by atoms with Crippen molar-refractivity contribution in [1.29, 1.82) is 0 Å². The van der Waals surface area contributed by atoms with Crippen molar-refractivity contribution < 1.29 is 9.90 Å². The van der Waals surface area contributed by atoms with Crippen LogP contribution in [0.1, 0.15) is 6.42 Å². The molecule has 0 spiro atoms. The molecule has 1 aliphatic carbocycles. The van der Waals surface area contributed by atoms with Crippen LogP contribution >= 0.6 is 0 Å². The number of rotatable bonds is 0. The summed E-state index contributed by atoms with van der Waals surface area (Å²) in [5.41, 5.74) is -1.49. The molecule has 1 N–H and O–H groups in total. The number of hydrogen-bond donors (Lipinski definition) is 1. The first kappa shape index (κ1) is 6.68. The molecule has 3 atom stereocenters. The van der Waals surface area contributed by atoms with E-state index >= 15 is 0 Å². The van der Waals surface area contributed by atoms with Gasteiger partial charge in [-0.25, -0.2) is 0 Å². The molecule has 0 aromatic rings. The minimum Gasteiger partial charge on any atom is -0.369 e. The Morgan fingerprint density at radius 3 is 2.82 bits per heavy atom. The molecule has 1 heterocycles. The monoisotopic (exact) mass is 151 g/mol. The highest BCUT2D eigenvalue weighted by atomic mass is 16.3. The average molecular weight is 151 g/mol. The summed E-state index contributed by atoms with van der Waals surface area (Å²) in [6.45, 7) is 0. The van der Waals surface area contributed by atoms with Crippen LogP contribution in [0, 0.1) is 18.3 Å². The second-order valence-corrected chi connectivity index (χ2v) is 3.24. The molecule has 0 radical (unpaired) electrons. The van der Waals surface area contributed by atoms with E-state index in [2.05, 4.69) is 5.92 Å². The highest BCUT2D eigenvalue weighted by molar-refractivity contribution is 5.93. The lowest BCUT2D eigenvalue weighted by Gasteiger charge is -2.18. The summed E-state index contributed by atoms with van der Waals surface area (Å²) in [6.07, 6.45) is 5.94. The van der Waals surface area contributed by atoms with Crippen LogP contribution in [0.15, 0.2) is 0 Å². The van der Waals surface area contributed by atoms with E-state index in [0.29, 0.717) is 0 Å². The van der Waals surface area contributed by atoms with Crippen molar-refractivity contribution in [2.45, 2.75) is 18.1 Å². The summed E-state index contributed by atoms with van der Waals surface area (Å²) in [4.78, 5) is 12.8. The normalized spacial score (nSPS) is 47.0. The van der Waals surface area contributed by atoms with Crippen molar-refractivity contribution in [3.8, 4) is 12.3 Å². The Labute approximate surface area is 65.0 Å². The molecule has 1 saturated heterocycles. The quantitative estimate of drug-likeness (QED) is 0.461. The summed E-state index contributed by atoms with van der Waals surface area (Å²) in [5, 5.41) is 9.62. The minimum atomic E-state index is -1.49. The lowest BCUT2D eigenvalue weighted by Crippen LogP contribution is -2.41. The first-order valence-electron chi connectivity index (χ1n) is 3.58. The molecule has 2 rings (SSSR count). The van der Waals surface area contributed by atoms with Crippen LogP contribution in [0.3, 0.4) is 0 Å². The number of hydrogen-bond acceptors (Lipinski definition) is 2. The van der Waals surface area contributed by atoms with Crippen LogP contribution in [0.25, 0.3) is 0 Å². The molecule has 2 fully saturated rings. The van der Waals surface area contributed by atoms with Gasteiger partial charge in [-0.15, -0.1) is 6.42 Å². The molecule has 11 heavy (non-hydrogen) atoms. The van der Waals surface area contributed by atoms with Crippen LogP contribution in [-0.2, 0) is 4.79 Å². The molecule has 0 aromatic heterocycles. The van der Waals surface area contributed by atoms with Crippen molar-refractivity contribution in [2.24, 2.45) is 5.92 Å². The number of likely N-dealkylation sites (N-methyl/N-ethyl adjacent to an activating group) is 1. The Kier molecular flexibility index (Phi) is 0.967. The molecular weight excluding hydrogens is 142 g/mol. The summed E-state index contributed by atoms with van der Waals surface area (Å²) >= 11 is 0. The second kappa shape index (κ2) is 1.59. The molecule has 1 aliphatic heterocycles. The minimum absolute atomic E-state index is 0.00926. The lowest BCUT2D eigenvalue weighted by molar-refractivity contribution is -0.140. The van der Waals surface area contributed by atoms with Crippen molar-refractivity contribution in [3.05, 3.63) is 0 Å². The summed E-state index contributed by atoms with van der Waals surface area (Å²) in [6, 6.07) is 0.198. The van der Waals surface area contributed by atoms with Crippen LogP contribution < -0.4 is 0 Å². The lowest BCUT2D eigenvalue weighted by atomic mass is 10.0. The molecule has 0 bridgehead atoms. The smallest absolute Gasteiger partial charge is 0.267 e. The first-order chi connectivity index (χ1) is 5.11. The van der Waals surface area contributed by atoms with Crippen LogP contribution in [-0.4, -0.2) is 34.6 Å². The molecule has 3 nitrogen and oxygen atoms in total. The standard InChI is InChI=1S/C8H9NO2/c1-3-8(11)5-4-6(5)9(2)7(8)10/h1,5-6,11H,4H2,2H3/t5-,6?,8?/m0/s1. The SMILES string of the molecule is C#CC1(O)C(=O)N(C)C2C[C@@H]21. The Morgan fingerprint density at radius 1 is 1.91 bits per heavy atom. The van der Waals surface area contributed by atoms with Gasteiger partial charge in [0.25, 0.3) is 5.91 Å². The number of amides is 1. The zero-order chi connectivity index (χ0) is 8.22. The largest absolute Gasteiger partial charge is 0.369 e. The average Bonchev–Trinajstić information content (AvgIpc) is 2.75. The number of fused-ring (bicyclic) bond motifs is 1. The van der Waals surface area contributed by atoms with Crippen LogP contribution in [0.2, 0.25) is 0 Å². The molecule has 3 heteroatoms. The third-order valence-corrected chi connectivity index (χ3v) is 2.66. The van der Waals surface area contributed by atoms with Crippen molar-refractivity contribution >= 4 is 5.91 Å². The van der Waals surface area contributed by atoms with Crippen molar-refractivity contribution in [2.75, 3.05) is 7.05 Å². The van der Waals surface area contributed by atoms with Gasteiger partial charge in [0.05, 0.1) is 0 Å². The van der Waals surface area contributed by atoms with E-state index in [1.807, 2.05) is 0 Å².